The molecule has 21 heavy (non-hydrogen) atoms. The zero-order valence-electron chi connectivity index (χ0n) is 11.7. The molecule has 1 fully saturated rings. The summed E-state index contributed by atoms with van der Waals surface area (Å²) in [7, 11) is 1.52. The van der Waals surface area contributed by atoms with Gasteiger partial charge < -0.3 is 19.6 Å². The Morgan fingerprint density at radius 2 is 2.10 bits per heavy atom. The first kappa shape index (κ1) is 17.5. The van der Waals surface area contributed by atoms with Gasteiger partial charge in [0.25, 0.3) is 0 Å². The molecular formula is C12H19F3N2O4. The van der Waals surface area contributed by atoms with Gasteiger partial charge in [-0.15, -0.1) is 0 Å². The summed E-state index contributed by atoms with van der Waals surface area (Å²) in [5, 5.41) is 8.66. The van der Waals surface area contributed by atoms with Crippen LogP contribution in [0.5, 0.6) is 0 Å². The van der Waals surface area contributed by atoms with Crippen molar-refractivity contribution in [2.24, 2.45) is 5.92 Å². The maximum atomic E-state index is 12.5. The molecule has 0 radical (unpaired) electrons. The summed E-state index contributed by atoms with van der Waals surface area (Å²) in [6, 6.07) is -0.893. The van der Waals surface area contributed by atoms with E-state index < -0.39 is 31.3 Å². The number of hydrogen-bond donors (Lipinski definition) is 1. The fourth-order valence-corrected chi connectivity index (χ4v) is 2.38. The van der Waals surface area contributed by atoms with E-state index in [0.29, 0.717) is 24.5 Å². The van der Waals surface area contributed by atoms with Crippen LogP contribution in [0, 0.1) is 5.92 Å². The molecule has 1 N–H and O–H groups in total. The van der Waals surface area contributed by atoms with Crippen molar-refractivity contribution in [3.05, 3.63) is 0 Å². The van der Waals surface area contributed by atoms with Gasteiger partial charge in [0.15, 0.2) is 0 Å². The van der Waals surface area contributed by atoms with Gasteiger partial charge >= 0.3 is 18.2 Å². The van der Waals surface area contributed by atoms with Gasteiger partial charge in [0.05, 0.1) is 6.61 Å². The average molecular weight is 312 g/mol. The number of nitrogens with zero attached hydrogens (tertiary/aromatic N) is 2. The number of aliphatic carboxylic acids is 1. The summed E-state index contributed by atoms with van der Waals surface area (Å²) >= 11 is 0. The van der Waals surface area contributed by atoms with Crippen molar-refractivity contribution in [1.29, 1.82) is 0 Å². The topological polar surface area (TPSA) is 70.1 Å². The molecule has 1 rings (SSSR count). The Morgan fingerprint density at radius 3 is 2.62 bits per heavy atom. The number of carboxylic acid groups (broad SMARTS) is 1. The predicted octanol–water partition coefficient (Wildman–Crippen LogP) is 1.41. The van der Waals surface area contributed by atoms with Crippen molar-refractivity contribution < 1.29 is 32.6 Å². The molecule has 0 aliphatic carbocycles. The zero-order valence-corrected chi connectivity index (χ0v) is 11.7. The molecule has 1 aliphatic rings. The van der Waals surface area contributed by atoms with E-state index in [4.69, 9.17) is 9.84 Å². The van der Waals surface area contributed by atoms with Gasteiger partial charge in [-0.1, -0.05) is 0 Å². The van der Waals surface area contributed by atoms with Gasteiger partial charge in [0.2, 0.25) is 0 Å². The van der Waals surface area contributed by atoms with Crippen LogP contribution in [0.4, 0.5) is 18.0 Å². The lowest BCUT2D eigenvalue weighted by Crippen LogP contribution is -2.51. The van der Waals surface area contributed by atoms with E-state index in [1.54, 1.807) is 0 Å². The van der Waals surface area contributed by atoms with Crippen molar-refractivity contribution in [3.8, 4) is 0 Å². The highest BCUT2D eigenvalue weighted by atomic mass is 19.4. The summed E-state index contributed by atoms with van der Waals surface area (Å²) in [4.78, 5) is 24.3. The average Bonchev–Trinajstić information content (AvgIpc) is 2.35. The minimum atomic E-state index is -4.63. The van der Waals surface area contributed by atoms with Crippen molar-refractivity contribution in [2.45, 2.75) is 19.0 Å². The summed E-state index contributed by atoms with van der Waals surface area (Å²) in [6.07, 6.45) is -3.14. The Balaban J connectivity index is 2.71. The third-order valence-corrected chi connectivity index (χ3v) is 3.16. The van der Waals surface area contributed by atoms with E-state index in [1.165, 1.54) is 12.0 Å². The molecular weight excluding hydrogens is 293 g/mol. The van der Waals surface area contributed by atoms with E-state index in [-0.39, 0.29) is 12.5 Å². The van der Waals surface area contributed by atoms with E-state index in [0.717, 1.165) is 6.42 Å². The van der Waals surface area contributed by atoms with Crippen LogP contribution in [0.2, 0.25) is 0 Å². The van der Waals surface area contributed by atoms with E-state index in [1.807, 2.05) is 0 Å². The molecule has 0 aromatic carbocycles. The molecule has 0 aromatic heterocycles. The Morgan fingerprint density at radius 1 is 1.43 bits per heavy atom. The number of rotatable bonds is 5. The van der Waals surface area contributed by atoms with Crippen LogP contribution in [0.15, 0.2) is 0 Å². The molecule has 1 aliphatic heterocycles. The van der Waals surface area contributed by atoms with Crippen LogP contribution in [0.3, 0.4) is 0 Å². The molecule has 1 unspecified atom stereocenters. The van der Waals surface area contributed by atoms with Crippen molar-refractivity contribution in [1.82, 2.24) is 9.80 Å². The van der Waals surface area contributed by atoms with Gasteiger partial charge in [-0.05, 0) is 12.8 Å². The van der Waals surface area contributed by atoms with Crippen molar-refractivity contribution in [2.75, 3.05) is 39.9 Å². The Labute approximate surface area is 120 Å². The Bertz CT molecular complexity index is 374. The minimum absolute atomic E-state index is 0.0604. The molecule has 9 heteroatoms. The Hall–Kier alpha value is -1.51. The zero-order chi connectivity index (χ0) is 16.0. The normalized spacial score (nSPS) is 19.4. The van der Waals surface area contributed by atoms with Crippen molar-refractivity contribution in [3.63, 3.8) is 0 Å². The first-order chi connectivity index (χ1) is 9.73. The van der Waals surface area contributed by atoms with Gasteiger partial charge in [-0.25, -0.2) is 4.79 Å². The van der Waals surface area contributed by atoms with E-state index >= 15 is 0 Å². The number of alkyl halides is 3. The molecule has 1 heterocycles. The minimum Gasteiger partial charge on any atom is -0.480 e. The number of halogens is 3. The highest BCUT2D eigenvalue weighted by Gasteiger charge is 2.36. The standard InChI is InChI=1S/C12H19F3N2O4/c1-21-7-9-3-2-4-16(5-9)11(20)17(6-10(18)19)8-12(13,14)15/h9H,2-8H2,1H3,(H,18,19). The second-order valence-corrected chi connectivity index (χ2v) is 5.06. The molecule has 1 saturated heterocycles. The first-order valence-corrected chi connectivity index (χ1v) is 6.54. The predicted molar refractivity (Wildman–Crippen MR) is 66.8 cm³/mol. The summed E-state index contributed by atoms with van der Waals surface area (Å²) in [5.41, 5.74) is 0. The number of ether oxygens (including phenoxy) is 1. The van der Waals surface area contributed by atoms with Gasteiger partial charge in [-0.2, -0.15) is 13.2 Å². The molecule has 0 spiro atoms. The molecule has 0 bridgehead atoms. The number of carbonyl (C=O) groups excluding carboxylic acids is 1. The third-order valence-electron chi connectivity index (χ3n) is 3.16. The number of likely N-dealkylation sites (tertiary alicyclic amines) is 1. The summed E-state index contributed by atoms with van der Waals surface area (Å²) in [5.74, 6) is -1.41. The number of carboxylic acids is 1. The number of piperidine rings is 1. The maximum Gasteiger partial charge on any atom is 0.406 e. The van der Waals surface area contributed by atoms with Crippen LogP contribution >= 0.6 is 0 Å². The van der Waals surface area contributed by atoms with Gasteiger partial charge in [0.1, 0.15) is 13.1 Å². The lowest BCUT2D eigenvalue weighted by atomic mass is 9.99. The monoisotopic (exact) mass is 312 g/mol. The molecule has 122 valence electrons. The highest BCUT2D eigenvalue weighted by Crippen LogP contribution is 2.21. The summed E-state index contributed by atoms with van der Waals surface area (Å²) in [6.45, 7) is -1.51. The van der Waals surface area contributed by atoms with Crippen molar-refractivity contribution >= 4 is 12.0 Å². The fraction of sp³-hybridized carbons (Fsp3) is 0.833. The number of methoxy groups -OCH3 is 1. The number of amides is 2. The van der Waals surface area contributed by atoms with Gasteiger partial charge in [0, 0.05) is 26.1 Å². The summed E-state index contributed by atoms with van der Waals surface area (Å²) < 4.78 is 42.4. The first-order valence-electron chi connectivity index (χ1n) is 6.54. The molecule has 0 aromatic rings. The fourth-order valence-electron chi connectivity index (χ4n) is 2.38. The largest absolute Gasteiger partial charge is 0.480 e. The highest BCUT2D eigenvalue weighted by molar-refractivity contribution is 5.80. The smallest absolute Gasteiger partial charge is 0.406 e. The lowest BCUT2D eigenvalue weighted by Gasteiger charge is -2.36. The van der Waals surface area contributed by atoms with Crippen LogP contribution in [0.25, 0.3) is 0 Å². The number of hydrogen-bond acceptors (Lipinski definition) is 3. The Kier molecular flexibility index (Phi) is 6.25. The molecule has 2 amide bonds. The van der Waals surface area contributed by atoms with Crippen LogP contribution in [-0.4, -0.2) is 73.0 Å². The van der Waals surface area contributed by atoms with Crippen LogP contribution in [-0.2, 0) is 9.53 Å². The molecule has 0 saturated carbocycles. The molecule has 6 nitrogen and oxygen atoms in total. The number of urea groups is 1. The second-order valence-electron chi connectivity index (χ2n) is 5.06. The van der Waals surface area contributed by atoms with Gasteiger partial charge in [-0.3, -0.25) is 4.79 Å². The number of carbonyl (C=O) groups is 2. The third kappa shape index (κ3) is 6.19. The SMILES string of the molecule is COCC1CCCN(C(=O)N(CC(=O)O)CC(F)(F)F)C1. The van der Waals surface area contributed by atoms with Crippen LogP contribution < -0.4 is 0 Å². The molecule has 1 atom stereocenters. The van der Waals surface area contributed by atoms with Crippen LogP contribution in [0.1, 0.15) is 12.8 Å². The maximum absolute atomic E-state index is 12.5. The van der Waals surface area contributed by atoms with E-state index in [2.05, 4.69) is 0 Å². The quantitative estimate of drug-likeness (QED) is 0.833. The lowest BCUT2D eigenvalue weighted by molar-refractivity contribution is -0.150. The second kappa shape index (κ2) is 7.48. The van der Waals surface area contributed by atoms with E-state index in [9.17, 15) is 22.8 Å².